The Balaban J connectivity index is 2.06. The van der Waals surface area contributed by atoms with Gasteiger partial charge < -0.3 is 9.64 Å². The lowest BCUT2D eigenvalue weighted by atomic mass is 10.1. The molecule has 1 aliphatic heterocycles. The van der Waals surface area contributed by atoms with Gasteiger partial charge in [-0.1, -0.05) is 30.3 Å². The highest BCUT2D eigenvalue weighted by atomic mass is 16.5. The van der Waals surface area contributed by atoms with E-state index in [0.717, 1.165) is 5.56 Å². The van der Waals surface area contributed by atoms with Crippen molar-refractivity contribution in [2.45, 2.75) is 39.1 Å². The molecule has 0 bridgehead atoms. The van der Waals surface area contributed by atoms with Crippen molar-refractivity contribution in [3.05, 3.63) is 35.9 Å². The fourth-order valence-corrected chi connectivity index (χ4v) is 2.31. The first-order valence-corrected chi connectivity index (χ1v) is 6.82. The Morgan fingerprint density at radius 3 is 2.63 bits per heavy atom. The van der Waals surface area contributed by atoms with Gasteiger partial charge in [0.2, 0.25) is 5.91 Å². The molecule has 1 aromatic rings. The molecule has 1 heterocycles. The number of rotatable bonds is 5. The topological polar surface area (TPSA) is 41.6 Å². The Morgan fingerprint density at radius 2 is 2.00 bits per heavy atom. The van der Waals surface area contributed by atoms with Crippen LogP contribution in [0.15, 0.2) is 30.3 Å². The van der Waals surface area contributed by atoms with Crippen LogP contribution in [0.1, 0.15) is 32.5 Å². The summed E-state index contributed by atoms with van der Waals surface area (Å²) in [6.45, 7) is 7.10. The molecule has 1 fully saturated rings. The summed E-state index contributed by atoms with van der Waals surface area (Å²) < 4.78 is 5.55. The lowest BCUT2D eigenvalue weighted by Crippen LogP contribution is -2.34. The van der Waals surface area contributed by atoms with E-state index >= 15 is 0 Å². The van der Waals surface area contributed by atoms with Crippen LogP contribution in [0.5, 0.6) is 0 Å². The monoisotopic (exact) mass is 262 g/mol. The fourth-order valence-electron chi connectivity index (χ4n) is 2.31. The predicted molar refractivity (Wildman–Crippen MR) is 74.6 cm³/mol. The summed E-state index contributed by atoms with van der Waals surface area (Å²) in [6, 6.07) is 9.92. The highest BCUT2D eigenvalue weighted by Gasteiger charge is 2.36. The highest BCUT2D eigenvalue weighted by molar-refractivity contribution is 5.84. The molecule has 1 amide bonds. The molecule has 104 valence electrons. The number of carbonyl (C=O) groups excluding carboxylic acids is 1. The maximum atomic E-state index is 12.2. The van der Waals surface area contributed by atoms with Crippen molar-refractivity contribution in [2.75, 3.05) is 13.2 Å². The molecule has 0 aliphatic carbocycles. The number of hydrogen-bond acceptors (Lipinski definition) is 3. The van der Waals surface area contributed by atoms with Crippen molar-refractivity contribution in [1.82, 2.24) is 10.2 Å². The summed E-state index contributed by atoms with van der Waals surface area (Å²) in [5.74, 6) is 0.140. The van der Waals surface area contributed by atoms with Crippen LogP contribution in [0, 0.1) is 0 Å². The van der Waals surface area contributed by atoms with Crippen LogP contribution in [-0.4, -0.2) is 36.1 Å². The minimum absolute atomic E-state index is 0.0422. The van der Waals surface area contributed by atoms with Crippen LogP contribution in [0.4, 0.5) is 0 Å². The third kappa shape index (κ3) is 3.33. The van der Waals surface area contributed by atoms with E-state index < -0.39 is 0 Å². The maximum absolute atomic E-state index is 12.2. The average Bonchev–Trinajstić information content (AvgIpc) is 2.68. The largest absolute Gasteiger partial charge is 0.377 e. The third-order valence-electron chi connectivity index (χ3n) is 3.27. The van der Waals surface area contributed by atoms with Gasteiger partial charge in [0.1, 0.15) is 6.17 Å². The number of amides is 1. The predicted octanol–water partition coefficient (Wildman–Crippen LogP) is 1.93. The quantitative estimate of drug-likeness (QED) is 0.881. The molecule has 0 radical (unpaired) electrons. The van der Waals surface area contributed by atoms with Crippen molar-refractivity contribution in [1.29, 1.82) is 0 Å². The Labute approximate surface area is 114 Å². The van der Waals surface area contributed by atoms with E-state index in [2.05, 4.69) is 5.32 Å². The van der Waals surface area contributed by atoms with E-state index in [1.807, 2.05) is 56.0 Å². The smallest absolute Gasteiger partial charge is 0.241 e. The van der Waals surface area contributed by atoms with Crippen molar-refractivity contribution in [3.63, 3.8) is 0 Å². The Hall–Kier alpha value is -1.39. The Morgan fingerprint density at radius 1 is 1.32 bits per heavy atom. The van der Waals surface area contributed by atoms with Gasteiger partial charge >= 0.3 is 0 Å². The number of nitrogens with zero attached hydrogens (tertiary/aromatic N) is 1. The highest BCUT2D eigenvalue weighted by Crippen LogP contribution is 2.24. The molecule has 2 atom stereocenters. The van der Waals surface area contributed by atoms with Gasteiger partial charge in [-0.25, -0.2) is 0 Å². The summed E-state index contributed by atoms with van der Waals surface area (Å²) in [4.78, 5) is 14.0. The van der Waals surface area contributed by atoms with E-state index in [4.69, 9.17) is 4.74 Å². The minimum atomic E-state index is -0.135. The first kappa shape index (κ1) is 14.0. The third-order valence-corrected chi connectivity index (χ3v) is 3.27. The molecule has 0 saturated carbocycles. The van der Waals surface area contributed by atoms with Crippen molar-refractivity contribution in [2.24, 2.45) is 0 Å². The molecule has 1 aromatic carbocycles. The normalized spacial score (nSPS) is 23.4. The molecular weight excluding hydrogens is 240 g/mol. The van der Waals surface area contributed by atoms with Crippen molar-refractivity contribution in [3.8, 4) is 0 Å². The average molecular weight is 262 g/mol. The first-order chi connectivity index (χ1) is 9.09. The number of hydrogen-bond donors (Lipinski definition) is 1. The van der Waals surface area contributed by atoms with E-state index in [9.17, 15) is 4.79 Å². The minimum Gasteiger partial charge on any atom is -0.377 e. The second-order valence-corrected chi connectivity index (χ2v) is 5.15. The molecule has 19 heavy (non-hydrogen) atoms. The Bertz CT molecular complexity index is 419. The zero-order valence-corrected chi connectivity index (χ0v) is 11.8. The second-order valence-electron chi connectivity index (χ2n) is 5.15. The number of ether oxygens (including phenoxy) is 1. The van der Waals surface area contributed by atoms with Crippen LogP contribution >= 0.6 is 0 Å². The maximum Gasteiger partial charge on any atom is 0.241 e. The van der Waals surface area contributed by atoms with Gasteiger partial charge in [0, 0.05) is 6.54 Å². The Kier molecular flexibility index (Phi) is 4.56. The zero-order valence-electron chi connectivity index (χ0n) is 11.8. The summed E-state index contributed by atoms with van der Waals surface area (Å²) in [7, 11) is 0. The summed E-state index contributed by atoms with van der Waals surface area (Å²) in [5.41, 5.74) is 1.12. The van der Waals surface area contributed by atoms with Crippen LogP contribution in [0.25, 0.3) is 0 Å². The van der Waals surface area contributed by atoms with Gasteiger partial charge in [0.05, 0.1) is 18.8 Å². The van der Waals surface area contributed by atoms with Gasteiger partial charge in [-0.3, -0.25) is 10.1 Å². The van der Waals surface area contributed by atoms with Crippen LogP contribution in [0.2, 0.25) is 0 Å². The van der Waals surface area contributed by atoms with Crippen LogP contribution in [-0.2, 0) is 9.53 Å². The number of carbonyl (C=O) groups is 1. The van der Waals surface area contributed by atoms with Gasteiger partial charge in [-0.2, -0.15) is 0 Å². The molecule has 2 rings (SSSR count). The van der Waals surface area contributed by atoms with Gasteiger partial charge in [-0.05, 0) is 26.3 Å². The van der Waals surface area contributed by atoms with Crippen molar-refractivity contribution >= 4 is 5.91 Å². The van der Waals surface area contributed by atoms with E-state index in [-0.39, 0.29) is 24.2 Å². The number of benzene rings is 1. The number of nitrogens with one attached hydrogen (secondary N) is 1. The lowest BCUT2D eigenvalue weighted by molar-refractivity contribution is -0.130. The molecule has 1 saturated heterocycles. The first-order valence-electron chi connectivity index (χ1n) is 6.82. The summed E-state index contributed by atoms with van der Waals surface area (Å²) >= 11 is 0. The zero-order chi connectivity index (χ0) is 13.8. The molecule has 1 aliphatic rings. The summed E-state index contributed by atoms with van der Waals surface area (Å²) in [6.07, 6.45) is 0.151. The van der Waals surface area contributed by atoms with Gasteiger partial charge in [0.25, 0.3) is 0 Å². The second kappa shape index (κ2) is 6.17. The molecule has 0 aromatic heterocycles. The molecular formula is C15H22N2O2. The van der Waals surface area contributed by atoms with Gasteiger partial charge in [0.15, 0.2) is 0 Å². The van der Waals surface area contributed by atoms with Crippen molar-refractivity contribution < 1.29 is 9.53 Å². The molecule has 4 nitrogen and oxygen atoms in total. The van der Waals surface area contributed by atoms with E-state index in [0.29, 0.717) is 13.2 Å². The van der Waals surface area contributed by atoms with Gasteiger partial charge in [-0.15, -0.1) is 0 Å². The molecule has 0 spiro atoms. The lowest BCUT2D eigenvalue weighted by Gasteiger charge is -2.25. The SMILES string of the molecule is CC(C)OCCN1C(=O)C(C)NC1c1ccccc1. The fraction of sp³-hybridized carbons (Fsp3) is 0.533. The van der Waals surface area contributed by atoms with E-state index in [1.165, 1.54) is 0 Å². The standard InChI is InChI=1S/C15H22N2O2/c1-11(2)19-10-9-17-14(16-12(3)15(17)18)13-7-5-4-6-8-13/h4-8,11-12,14,16H,9-10H2,1-3H3. The molecule has 2 unspecified atom stereocenters. The van der Waals surface area contributed by atoms with E-state index in [1.54, 1.807) is 0 Å². The molecule has 1 N–H and O–H groups in total. The van der Waals surface area contributed by atoms with Crippen LogP contribution in [0.3, 0.4) is 0 Å². The van der Waals surface area contributed by atoms with Crippen LogP contribution < -0.4 is 5.32 Å². The summed E-state index contributed by atoms with van der Waals surface area (Å²) in [5, 5.41) is 3.33. The molecule has 4 heteroatoms.